The largest absolute Gasteiger partial charge is 0.394 e. The van der Waals surface area contributed by atoms with Crippen LogP contribution in [0.3, 0.4) is 0 Å². The molecule has 110 valence electrons. The molecule has 4 rings (SSSR count). The molecular formula is C11H12N6O4. The third kappa shape index (κ3) is 1.67. The van der Waals surface area contributed by atoms with Crippen molar-refractivity contribution in [2.24, 2.45) is 0 Å². The minimum absolute atomic E-state index is 0.375. The van der Waals surface area contributed by atoms with E-state index in [4.69, 9.17) is 9.84 Å². The molecule has 21 heavy (non-hydrogen) atoms. The summed E-state index contributed by atoms with van der Waals surface area (Å²) in [6, 6.07) is 1.75. The van der Waals surface area contributed by atoms with Crippen molar-refractivity contribution < 1.29 is 20.1 Å². The van der Waals surface area contributed by atoms with Crippen molar-refractivity contribution in [1.29, 1.82) is 0 Å². The molecule has 4 atom stereocenters. The summed E-state index contributed by atoms with van der Waals surface area (Å²) in [5.74, 6) is 0. The molecule has 1 aliphatic heterocycles. The van der Waals surface area contributed by atoms with Crippen LogP contribution in [-0.2, 0) is 4.74 Å². The van der Waals surface area contributed by atoms with Crippen molar-refractivity contribution in [3.05, 3.63) is 18.6 Å². The molecule has 4 heterocycles. The lowest BCUT2D eigenvalue weighted by atomic mass is 10.1. The molecule has 0 aromatic carbocycles. The van der Waals surface area contributed by atoms with Crippen molar-refractivity contribution in [3.8, 4) is 0 Å². The van der Waals surface area contributed by atoms with E-state index in [1.165, 1.54) is 10.8 Å². The van der Waals surface area contributed by atoms with E-state index < -0.39 is 24.5 Å². The molecule has 10 nitrogen and oxygen atoms in total. The molecule has 1 aliphatic rings. The minimum atomic E-state index is -1.16. The van der Waals surface area contributed by atoms with Crippen LogP contribution in [-0.4, -0.2) is 69.8 Å². The highest BCUT2D eigenvalue weighted by Crippen LogP contribution is 2.32. The number of tetrazole rings is 1. The maximum Gasteiger partial charge on any atom is 0.192 e. The van der Waals surface area contributed by atoms with Crippen molar-refractivity contribution in [2.75, 3.05) is 6.61 Å². The van der Waals surface area contributed by atoms with E-state index in [1.807, 2.05) is 0 Å². The van der Waals surface area contributed by atoms with Crippen molar-refractivity contribution >= 4 is 16.7 Å². The van der Waals surface area contributed by atoms with Gasteiger partial charge in [-0.2, -0.15) is 4.52 Å². The summed E-state index contributed by atoms with van der Waals surface area (Å²) in [4.78, 5) is 4.24. The zero-order valence-electron chi connectivity index (χ0n) is 10.7. The van der Waals surface area contributed by atoms with Gasteiger partial charge in [-0.25, -0.2) is 4.98 Å². The third-order valence-corrected chi connectivity index (χ3v) is 3.70. The Labute approximate surface area is 117 Å². The smallest absolute Gasteiger partial charge is 0.192 e. The topological polar surface area (TPSA) is 131 Å². The number of hydrogen-bond acceptors (Lipinski definition) is 8. The Kier molecular flexibility index (Phi) is 2.65. The fourth-order valence-corrected chi connectivity index (χ4v) is 2.62. The van der Waals surface area contributed by atoms with Gasteiger partial charge in [-0.15, -0.1) is 5.10 Å². The van der Waals surface area contributed by atoms with Gasteiger partial charge in [0.1, 0.15) is 30.3 Å². The Hall–Kier alpha value is -2.14. The predicted molar refractivity (Wildman–Crippen MR) is 67.1 cm³/mol. The number of aromatic nitrogens is 6. The van der Waals surface area contributed by atoms with Crippen LogP contribution in [0.2, 0.25) is 0 Å². The Bertz CT molecular complexity index is 800. The summed E-state index contributed by atoms with van der Waals surface area (Å²) in [7, 11) is 0. The fourth-order valence-electron chi connectivity index (χ4n) is 2.62. The van der Waals surface area contributed by atoms with Gasteiger partial charge in [0.2, 0.25) is 0 Å². The quantitative estimate of drug-likeness (QED) is 0.498. The molecule has 3 aromatic heterocycles. The van der Waals surface area contributed by atoms with Gasteiger partial charge in [0.25, 0.3) is 0 Å². The Balaban J connectivity index is 1.84. The van der Waals surface area contributed by atoms with Gasteiger partial charge in [-0.1, -0.05) is 0 Å². The molecule has 0 bridgehead atoms. The number of ether oxygens (including phenoxy) is 1. The maximum atomic E-state index is 10.1. The van der Waals surface area contributed by atoms with Crippen LogP contribution < -0.4 is 0 Å². The number of aliphatic hydroxyl groups is 3. The van der Waals surface area contributed by atoms with E-state index in [1.54, 1.807) is 16.8 Å². The molecule has 1 saturated heterocycles. The van der Waals surface area contributed by atoms with E-state index in [0.717, 1.165) is 0 Å². The normalized spacial score (nSPS) is 29.7. The van der Waals surface area contributed by atoms with Gasteiger partial charge in [0, 0.05) is 6.20 Å². The molecule has 0 aliphatic carbocycles. The predicted octanol–water partition coefficient (Wildman–Crippen LogP) is -1.91. The lowest BCUT2D eigenvalue weighted by Gasteiger charge is -2.17. The maximum absolute atomic E-state index is 10.1. The van der Waals surface area contributed by atoms with E-state index in [0.29, 0.717) is 16.7 Å². The molecule has 0 saturated carbocycles. The van der Waals surface area contributed by atoms with Crippen LogP contribution in [0.4, 0.5) is 0 Å². The lowest BCUT2D eigenvalue weighted by molar-refractivity contribution is -0.0508. The highest BCUT2D eigenvalue weighted by atomic mass is 16.6. The van der Waals surface area contributed by atoms with Crippen LogP contribution in [0.5, 0.6) is 0 Å². The second kappa shape index (κ2) is 4.43. The van der Waals surface area contributed by atoms with Crippen molar-refractivity contribution in [2.45, 2.75) is 24.5 Å². The van der Waals surface area contributed by atoms with Gasteiger partial charge in [-0.05, 0) is 16.5 Å². The molecule has 0 radical (unpaired) electrons. The average Bonchev–Trinajstić information content (AvgIpc) is 3.17. The SMILES string of the molecule is OC[C@@H]1O[C@H](n2ccc3c2ncn2nnnc32)[C@H](O)[C@@H]1O. The number of hydrogen-bond donors (Lipinski definition) is 3. The highest BCUT2D eigenvalue weighted by molar-refractivity contribution is 5.89. The molecule has 3 N–H and O–H groups in total. The minimum Gasteiger partial charge on any atom is -0.394 e. The first kappa shape index (κ1) is 12.6. The Morgan fingerprint density at radius 1 is 1.24 bits per heavy atom. The summed E-state index contributed by atoms with van der Waals surface area (Å²) in [5, 5.41) is 41.0. The van der Waals surface area contributed by atoms with Gasteiger partial charge in [0.05, 0.1) is 12.0 Å². The van der Waals surface area contributed by atoms with Crippen molar-refractivity contribution in [1.82, 2.24) is 29.6 Å². The first-order valence-corrected chi connectivity index (χ1v) is 6.36. The van der Waals surface area contributed by atoms with E-state index in [-0.39, 0.29) is 6.61 Å². The zero-order valence-corrected chi connectivity index (χ0v) is 10.7. The van der Waals surface area contributed by atoms with E-state index >= 15 is 0 Å². The van der Waals surface area contributed by atoms with Crippen LogP contribution in [0.15, 0.2) is 18.6 Å². The molecule has 0 spiro atoms. The monoisotopic (exact) mass is 292 g/mol. The van der Waals surface area contributed by atoms with Crippen LogP contribution in [0.25, 0.3) is 16.7 Å². The second-order valence-corrected chi connectivity index (χ2v) is 4.88. The molecule has 0 unspecified atom stereocenters. The third-order valence-electron chi connectivity index (χ3n) is 3.70. The Morgan fingerprint density at radius 2 is 2.10 bits per heavy atom. The molecule has 0 amide bonds. The molecule has 3 aromatic rings. The fraction of sp³-hybridized carbons (Fsp3) is 0.455. The first-order valence-electron chi connectivity index (χ1n) is 6.36. The summed E-state index contributed by atoms with van der Waals surface area (Å²) in [5.41, 5.74) is 1.05. The van der Waals surface area contributed by atoms with E-state index in [2.05, 4.69) is 20.5 Å². The van der Waals surface area contributed by atoms with Crippen LogP contribution in [0.1, 0.15) is 6.23 Å². The lowest BCUT2D eigenvalue weighted by Crippen LogP contribution is -2.33. The van der Waals surface area contributed by atoms with Gasteiger partial charge in [-0.3, -0.25) is 0 Å². The summed E-state index contributed by atoms with van der Waals surface area (Å²) >= 11 is 0. The van der Waals surface area contributed by atoms with E-state index in [9.17, 15) is 10.2 Å². The molecule has 1 fully saturated rings. The molecular weight excluding hydrogens is 280 g/mol. The highest BCUT2D eigenvalue weighted by Gasteiger charge is 2.43. The summed E-state index contributed by atoms with van der Waals surface area (Å²) in [6.45, 7) is -0.375. The Morgan fingerprint density at radius 3 is 2.86 bits per heavy atom. The average molecular weight is 292 g/mol. The summed E-state index contributed by atoms with van der Waals surface area (Å²) < 4.78 is 8.52. The van der Waals surface area contributed by atoms with Crippen LogP contribution >= 0.6 is 0 Å². The number of nitrogens with zero attached hydrogens (tertiary/aromatic N) is 6. The second-order valence-electron chi connectivity index (χ2n) is 4.88. The van der Waals surface area contributed by atoms with Crippen LogP contribution in [0, 0.1) is 0 Å². The standard InChI is InChI=1S/C11H12N6O4/c18-3-6-7(19)8(20)11(21-6)16-2-1-5-9(16)12-4-17-10(5)13-14-15-17/h1-2,4,6-8,11,18-20H,3H2/t6-,7+,8+,11-/m0/s1. The number of fused-ring (bicyclic) bond motifs is 3. The summed E-state index contributed by atoms with van der Waals surface area (Å²) in [6.07, 6.45) is -0.855. The van der Waals surface area contributed by atoms with Crippen molar-refractivity contribution in [3.63, 3.8) is 0 Å². The van der Waals surface area contributed by atoms with Gasteiger partial charge < -0.3 is 24.6 Å². The molecule has 10 heteroatoms. The van der Waals surface area contributed by atoms with Gasteiger partial charge >= 0.3 is 0 Å². The first-order chi connectivity index (χ1) is 10.2. The van der Waals surface area contributed by atoms with Gasteiger partial charge in [0.15, 0.2) is 11.9 Å². The zero-order chi connectivity index (χ0) is 14.6. The number of aliphatic hydroxyl groups excluding tert-OH is 3. The number of rotatable bonds is 2.